The van der Waals surface area contributed by atoms with Gasteiger partial charge < -0.3 is 15.1 Å². The Labute approximate surface area is 155 Å². The number of carboxylic acid groups (broad SMARTS) is 1. The average Bonchev–Trinajstić information content (AvgIpc) is 2.67. The van der Waals surface area contributed by atoms with E-state index in [2.05, 4.69) is 23.6 Å². The number of nitrogens with zero attached hydrogens (tertiary/aromatic N) is 2. The van der Waals surface area contributed by atoms with Crippen LogP contribution in [0.3, 0.4) is 0 Å². The van der Waals surface area contributed by atoms with E-state index in [0.29, 0.717) is 13.1 Å². The Hall–Kier alpha value is -1.85. The Morgan fingerprint density at radius 1 is 1.19 bits per heavy atom. The molecule has 1 aliphatic heterocycles. The van der Waals surface area contributed by atoms with Gasteiger partial charge >= 0.3 is 6.09 Å². The molecular formula is C21H30N2O3. The number of aliphatic hydroxyl groups is 1. The average molecular weight is 358 g/mol. The quantitative estimate of drug-likeness (QED) is 0.847. The van der Waals surface area contributed by atoms with Crippen LogP contribution in [-0.4, -0.2) is 64.4 Å². The minimum absolute atomic E-state index is 0.0408. The summed E-state index contributed by atoms with van der Waals surface area (Å²) in [4.78, 5) is 14.9. The van der Waals surface area contributed by atoms with E-state index < -0.39 is 11.7 Å². The molecule has 2 N–H and O–H groups in total. The Balaban J connectivity index is 1.79. The van der Waals surface area contributed by atoms with Crippen LogP contribution in [0.2, 0.25) is 0 Å². The molecule has 0 radical (unpaired) electrons. The summed E-state index contributed by atoms with van der Waals surface area (Å²) in [5.74, 6) is 0.0408. The number of hydrogen-bond donors (Lipinski definition) is 2. The zero-order valence-electron chi connectivity index (χ0n) is 15.4. The minimum atomic E-state index is -0.842. The molecule has 1 saturated carbocycles. The normalized spacial score (nSPS) is 22.0. The van der Waals surface area contributed by atoms with Crippen molar-refractivity contribution in [3.05, 3.63) is 42.0 Å². The zero-order chi connectivity index (χ0) is 18.6. The highest BCUT2D eigenvalue weighted by Gasteiger charge is 2.40. The van der Waals surface area contributed by atoms with Crippen molar-refractivity contribution in [3.63, 3.8) is 0 Å². The number of piperazine rings is 1. The van der Waals surface area contributed by atoms with Crippen LogP contribution >= 0.6 is 0 Å². The molecule has 1 heterocycles. The smallest absolute Gasteiger partial charge is 0.407 e. The van der Waals surface area contributed by atoms with E-state index in [9.17, 15) is 9.90 Å². The Kier molecular flexibility index (Phi) is 5.99. The molecule has 5 heteroatoms. The SMILES string of the molecule is C=Cc1cccc(C(CN2CCN(C(=O)O)CC2)C2(O)CCCCC2)c1. The number of rotatable bonds is 5. The van der Waals surface area contributed by atoms with E-state index in [1.165, 1.54) is 11.3 Å². The Morgan fingerprint density at radius 2 is 1.88 bits per heavy atom. The third-order valence-electron chi connectivity index (χ3n) is 6.00. The van der Waals surface area contributed by atoms with Crippen LogP contribution in [0.1, 0.15) is 49.1 Å². The highest BCUT2D eigenvalue weighted by atomic mass is 16.4. The van der Waals surface area contributed by atoms with Crippen LogP contribution in [0.4, 0.5) is 4.79 Å². The summed E-state index contributed by atoms with van der Waals surface area (Å²) in [6, 6.07) is 8.31. The molecule has 0 spiro atoms. The number of amides is 1. The summed E-state index contributed by atoms with van der Waals surface area (Å²) in [5.41, 5.74) is 1.55. The molecule has 1 saturated heterocycles. The summed E-state index contributed by atoms with van der Waals surface area (Å²) in [6.07, 6.45) is 6.01. The molecule has 1 aromatic rings. The van der Waals surface area contributed by atoms with Crippen molar-refractivity contribution in [2.45, 2.75) is 43.6 Å². The molecule has 1 aliphatic carbocycles. The van der Waals surface area contributed by atoms with Gasteiger partial charge in [0.1, 0.15) is 0 Å². The maximum atomic E-state index is 11.5. The standard InChI is InChI=1S/C21H30N2O3/c1-2-17-7-6-8-18(15-17)19(21(26)9-4-3-5-10-21)16-22-11-13-23(14-12-22)20(24)25/h2,6-8,15,19,26H,1,3-5,9-14,16H2,(H,24,25). The first-order chi connectivity index (χ1) is 12.5. The highest BCUT2D eigenvalue weighted by Crippen LogP contribution is 2.40. The maximum Gasteiger partial charge on any atom is 0.407 e. The molecule has 1 aromatic carbocycles. The van der Waals surface area contributed by atoms with E-state index in [1.807, 2.05) is 18.2 Å². The van der Waals surface area contributed by atoms with Crippen LogP contribution in [0, 0.1) is 0 Å². The van der Waals surface area contributed by atoms with Crippen molar-refractivity contribution < 1.29 is 15.0 Å². The summed E-state index contributed by atoms with van der Waals surface area (Å²) >= 11 is 0. The van der Waals surface area contributed by atoms with Gasteiger partial charge in [-0.2, -0.15) is 0 Å². The second-order valence-corrected chi connectivity index (χ2v) is 7.66. The molecule has 26 heavy (non-hydrogen) atoms. The summed E-state index contributed by atoms with van der Waals surface area (Å²) in [5, 5.41) is 20.6. The van der Waals surface area contributed by atoms with Crippen LogP contribution < -0.4 is 0 Å². The maximum absolute atomic E-state index is 11.5. The van der Waals surface area contributed by atoms with Gasteiger partial charge in [-0.1, -0.05) is 56.2 Å². The lowest BCUT2D eigenvalue weighted by atomic mass is 9.72. The second-order valence-electron chi connectivity index (χ2n) is 7.66. The lowest BCUT2D eigenvalue weighted by molar-refractivity contribution is -0.0338. The van der Waals surface area contributed by atoms with Crippen LogP contribution in [0.15, 0.2) is 30.8 Å². The first-order valence-electron chi connectivity index (χ1n) is 9.67. The summed E-state index contributed by atoms with van der Waals surface area (Å²) in [7, 11) is 0. The van der Waals surface area contributed by atoms with Gasteiger partial charge in [0.05, 0.1) is 5.60 Å². The molecule has 1 unspecified atom stereocenters. The predicted molar refractivity (Wildman–Crippen MR) is 103 cm³/mol. The lowest BCUT2D eigenvalue weighted by Gasteiger charge is -2.43. The molecule has 2 aliphatic rings. The molecule has 1 atom stereocenters. The third-order valence-corrected chi connectivity index (χ3v) is 6.00. The van der Waals surface area contributed by atoms with E-state index in [1.54, 1.807) is 0 Å². The van der Waals surface area contributed by atoms with E-state index >= 15 is 0 Å². The van der Waals surface area contributed by atoms with Crippen molar-refractivity contribution in [2.75, 3.05) is 32.7 Å². The van der Waals surface area contributed by atoms with Crippen molar-refractivity contribution in [1.29, 1.82) is 0 Å². The molecule has 142 valence electrons. The van der Waals surface area contributed by atoms with Gasteiger partial charge in [0.15, 0.2) is 0 Å². The molecule has 3 rings (SSSR count). The molecule has 2 fully saturated rings. The van der Waals surface area contributed by atoms with E-state index in [0.717, 1.165) is 56.4 Å². The first kappa shape index (κ1) is 18.9. The van der Waals surface area contributed by atoms with Gasteiger partial charge in [-0.05, 0) is 24.0 Å². The summed E-state index contributed by atoms with van der Waals surface area (Å²) in [6.45, 7) is 7.15. The molecule has 0 bridgehead atoms. The fourth-order valence-electron chi connectivity index (χ4n) is 4.38. The molecule has 1 amide bonds. The Morgan fingerprint density at radius 3 is 2.50 bits per heavy atom. The van der Waals surface area contributed by atoms with Gasteiger partial charge in [0.25, 0.3) is 0 Å². The van der Waals surface area contributed by atoms with Crippen LogP contribution in [0.5, 0.6) is 0 Å². The van der Waals surface area contributed by atoms with Crippen molar-refractivity contribution in [3.8, 4) is 0 Å². The van der Waals surface area contributed by atoms with Gasteiger partial charge in [0, 0.05) is 38.6 Å². The second kappa shape index (κ2) is 8.23. The number of benzene rings is 1. The van der Waals surface area contributed by atoms with Crippen molar-refractivity contribution in [1.82, 2.24) is 9.80 Å². The van der Waals surface area contributed by atoms with Crippen LogP contribution in [0.25, 0.3) is 6.08 Å². The number of hydrogen-bond acceptors (Lipinski definition) is 3. The molecule has 5 nitrogen and oxygen atoms in total. The number of carbonyl (C=O) groups is 1. The summed E-state index contributed by atoms with van der Waals surface area (Å²) < 4.78 is 0. The van der Waals surface area contributed by atoms with Crippen molar-refractivity contribution >= 4 is 12.2 Å². The highest BCUT2D eigenvalue weighted by molar-refractivity contribution is 5.65. The van der Waals surface area contributed by atoms with Crippen molar-refractivity contribution in [2.24, 2.45) is 0 Å². The topological polar surface area (TPSA) is 64.0 Å². The Bertz CT molecular complexity index is 632. The lowest BCUT2D eigenvalue weighted by Crippen LogP contribution is -2.51. The monoisotopic (exact) mass is 358 g/mol. The molecule has 0 aromatic heterocycles. The first-order valence-corrected chi connectivity index (χ1v) is 9.67. The van der Waals surface area contributed by atoms with Gasteiger partial charge in [-0.3, -0.25) is 4.90 Å². The van der Waals surface area contributed by atoms with Gasteiger partial charge in [0.2, 0.25) is 0 Å². The molecular weight excluding hydrogens is 328 g/mol. The third kappa shape index (κ3) is 4.27. The fraction of sp³-hybridized carbons (Fsp3) is 0.571. The van der Waals surface area contributed by atoms with Crippen LogP contribution in [-0.2, 0) is 0 Å². The predicted octanol–water partition coefficient (Wildman–Crippen LogP) is 3.40. The van der Waals surface area contributed by atoms with E-state index in [4.69, 9.17) is 5.11 Å². The fourth-order valence-corrected chi connectivity index (χ4v) is 4.38. The largest absolute Gasteiger partial charge is 0.465 e. The van der Waals surface area contributed by atoms with Gasteiger partial charge in [-0.25, -0.2) is 4.79 Å². The zero-order valence-corrected chi connectivity index (χ0v) is 15.4. The minimum Gasteiger partial charge on any atom is -0.465 e. The van der Waals surface area contributed by atoms with Gasteiger partial charge in [-0.15, -0.1) is 0 Å². The van der Waals surface area contributed by atoms with E-state index in [-0.39, 0.29) is 5.92 Å².